The van der Waals surface area contributed by atoms with Crippen molar-refractivity contribution in [3.8, 4) is 5.75 Å². The number of ether oxygens (including phenoxy) is 1. The van der Waals surface area contributed by atoms with E-state index < -0.39 is 0 Å². The summed E-state index contributed by atoms with van der Waals surface area (Å²) in [5.74, 6) is 0.799. The molecule has 9 heteroatoms. The maximum absolute atomic E-state index is 12.6. The highest BCUT2D eigenvalue weighted by atomic mass is 35.5. The zero-order chi connectivity index (χ0) is 19.9. The molecule has 0 spiro atoms. The van der Waals surface area contributed by atoms with Crippen LogP contribution < -0.4 is 15.4 Å². The van der Waals surface area contributed by atoms with Gasteiger partial charge in [0.15, 0.2) is 0 Å². The molecule has 144 valence electrons. The smallest absolute Gasteiger partial charge is 0.255 e. The van der Waals surface area contributed by atoms with Gasteiger partial charge in [-0.1, -0.05) is 29.3 Å². The number of carbonyl (C=O) groups is 1. The molecular weight excluding hydrogens is 401 g/mol. The third kappa shape index (κ3) is 5.09. The van der Waals surface area contributed by atoms with E-state index in [0.29, 0.717) is 34.4 Å². The number of halogens is 2. The van der Waals surface area contributed by atoms with Crippen LogP contribution in [0.5, 0.6) is 5.75 Å². The van der Waals surface area contributed by atoms with Crippen molar-refractivity contribution < 1.29 is 9.53 Å². The van der Waals surface area contributed by atoms with E-state index in [9.17, 15) is 4.79 Å². The summed E-state index contributed by atoms with van der Waals surface area (Å²) in [7, 11) is 1.56. The average Bonchev–Trinajstić information content (AvgIpc) is 2.71. The van der Waals surface area contributed by atoms with Gasteiger partial charge in [-0.25, -0.2) is 15.0 Å². The molecule has 3 aromatic rings. The second-order valence-corrected chi connectivity index (χ2v) is 6.52. The van der Waals surface area contributed by atoms with Crippen LogP contribution in [0.4, 0.5) is 5.69 Å². The number of hydrogen-bond donors (Lipinski definition) is 2. The van der Waals surface area contributed by atoms with Crippen molar-refractivity contribution >= 4 is 34.8 Å². The zero-order valence-corrected chi connectivity index (χ0v) is 16.5. The molecule has 2 aromatic heterocycles. The van der Waals surface area contributed by atoms with E-state index in [4.69, 9.17) is 27.9 Å². The number of amides is 1. The number of pyridine rings is 1. The number of rotatable bonds is 7. The van der Waals surface area contributed by atoms with Crippen LogP contribution in [0.3, 0.4) is 0 Å². The number of carbonyl (C=O) groups excluding carboxylic acids is 1. The van der Waals surface area contributed by atoms with Gasteiger partial charge in [0.05, 0.1) is 29.9 Å². The fourth-order valence-electron chi connectivity index (χ4n) is 2.45. The van der Waals surface area contributed by atoms with Gasteiger partial charge in [-0.05, 0) is 29.8 Å². The number of nitrogens with zero attached hydrogens (tertiary/aromatic N) is 3. The number of aromatic nitrogens is 3. The molecule has 0 aliphatic carbocycles. The summed E-state index contributed by atoms with van der Waals surface area (Å²) in [6.07, 6.45) is 4.66. The van der Waals surface area contributed by atoms with E-state index in [1.54, 1.807) is 43.8 Å². The van der Waals surface area contributed by atoms with Crippen LogP contribution in [-0.4, -0.2) is 28.0 Å². The van der Waals surface area contributed by atoms with Gasteiger partial charge >= 0.3 is 0 Å². The Bertz CT molecular complexity index is 970. The predicted molar refractivity (Wildman–Crippen MR) is 108 cm³/mol. The first-order valence-corrected chi connectivity index (χ1v) is 9.08. The molecule has 0 aliphatic rings. The van der Waals surface area contributed by atoms with Crippen molar-refractivity contribution in [3.63, 3.8) is 0 Å². The highest BCUT2D eigenvalue weighted by Gasteiger charge is 2.13. The third-order valence-corrected chi connectivity index (χ3v) is 4.34. The third-order valence-electron chi connectivity index (χ3n) is 3.84. The number of nitrogens with one attached hydrogen (secondary N) is 2. The van der Waals surface area contributed by atoms with Crippen LogP contribution in [0.25, 0.3) is 0 Å². The monoisotopic (exact) mass is 417 g/mol. The molecule has 7 nitrogen and oxygen atoms in total. The lowest BCUT2D eigenvalue weighted by molar-refractivity contribution is 0.0950. The molecule has 0 radical (unpaired) electrons. The molecule has 0 saturated heterocycles. The largest absolute Gasteiger partial charge is 0.495 e. The van der Waals surface area contributed by atoms with E-state index in [-0.39, 0.29) is 17.6 Å². The first-order valence-electron chi connectivity index (χ1n) is 8.32. The summed E-state index contributed by atoms with van der Waals surface area (Å²) < 4.78 is 5.15. The first kappa shape index (κ1) is 19.9. The fourth-order valence-corrected chi connectivity index (χ4v) is 2.89. The molecule has 0 unspecified atom stereocenters. The Hall–Kier alpha value is -2.90. The van der Waals surface area contributed by atoms with Crippen molar-refractivity contribution in [3.05, 3.63) is 76.0 Å². The molecule has 0 bridgehead atoms. The topological polar surface area (TPSA) is 89.0 Å². The van der Waals surface area contributed by atoms with Crippen molar-refractivity contribution in [2.45, 2.75) is 13.1 Å². The summed E-state index contributed by atoms with van der Waals surface area (Å²) in [6.45, 7) is 0.641. The highest BCUT2D eigenvalue weighted by Crippen LogP contribution is 2.26. The quantitative estimate of drug-likeness (QED) is 0.569. The number of methoxy groups -OCH3 is 1. The molecular formula is C19H17Cl2N5O2. The normalized spacial score (nSPS) is 10.4. The standard InChI is InChI=1S/C19H17Cl2N5O2/c1-28-16-4-3-12(7-14(16)20)9-24-15-8-17(21)25-10-13(15)19(27)26-11-18-22-5-2-6-23-18/h2-8,10H,9,11H2,1H3,(H,24,25)(H,26,27). The average molecular weight is 418 g/mol. The van der Waals surface area contributed by atoms with Crippen LogP contribution in [-0.2, 0) is 13.1 Å². The van der Waals surface area contributed by atoms with E-state index in [1.807, 2.05) is 6.07 Å². The van der Waals surface area contributed by atoms with Gasteiger partial charge in [-0.2, -0.15) is 0 Å². The Balaban J connectivity index is 1.71. The van der Waals surface area contributed by atoms with Gasteiger partial charge in [-0.3, -0.25) is 4.79 Å². The van der Waals surface area contributed by atoms with Crippen LogP contribution in [0.1, 0.15) is 21.7 Å². The number of anilines is 1. The minimum absolute atomic E-state index is 0.204. The predicted octanol–water partition coefficient (Wildman–Crippen LogP) is 3.73. The fraction of sp³-hybridized carbons (Fsp3) is 0.158. The SMILES string of the molecule is COc1ccc(CNc2cc(Cl)ncc2C(=O)NCc2ncccn2)cc1Cl. The van der Waals surface area contributed by atoms with Gasteiger partial charge in [-0.15, -0.1) is 0 Å². The Morgan fingerprint density at radius 1 is 1.11 bits per heavy atom. The van der Waals surface area contributed by atoms with Crippen LogP contribution >= 0.6 is 23.2 Å². The molecule has 0 saturated carbocycles. The number of hydrogen-bond acceptors (Lipinski definition) is 6. The van der Waals surface area contributed by atoms with Gasteiger partial charge in [0.1, 0.15) is 16.7 Å². The second-order valence-electron chi connectivity index (χ2n) is 5.72. The Morgan fingerprint density at radius 2 is 1.89 bits per heavy atom. The van der Waals surface area contributed by atoms with Crippen molar-refractivity contribution in [2.75, 3.05) is 12.4 Å². The maximum atomic E-state index is 12.6. The lowest BCUT2D eigenvalue weighted by Gasteiger charge is -2.13. The van der Waals surface area contributed by atoms with E-state index >= 15 is 0 Å². The maximum Gasteiger partial charge on any atom is 0.255 e. The molecule has 0 fully saturated rings. The summed E-state index contributed by atoms with van der Waals surface area (Å²) >= 11 is 12.2. The number of benzene rings is 1. The van der Waals surface area contributed by atoms with Gasteiger partial charge < -0.3 is 15.4 Å². The Labute approximate surface area is 172 Å². The Kier molecular flexibility index (Phi) is 6.62. The molecule has 2 N–H and O–H groups in total. The van der Waals surface area contributed by atoms with Gasteiger partial charge in [0.25, 0.3) is 5.91 Å². The molecule has 1 aromatic carbocycles. The summed E-state index contributed by atoms with van der Waals surface area (Å²) in [6, 6.07) is 8.77. The lowest BCUT2D eigenvalue weighted by atomic mass is 10.2. The van der Waals surface area contributed by atoms with E-state index in [0.717, 1.165) is 5.56 Å². The molecule has 0 atom stereocenters. The summed E-state index contributed by atoms with van der Waals surface area (Å²) in [5, 5.41) is 6.76. The summed E-state index contributed by atoms with van der Waals surface area (Å²) in [5.41, 5.74) is 1.83. The van der Waals surface area contributed by atoms with Crippen molar-refractivity contribution in [1.82, 2.24) is 20.3 Å². The van der Waals surface area contributed by atoms with Crippen molar-refractivity contribution in [2.24, 2.45) is 0 Å². The molecule has 3 rings (SSSR count). The first-order chi connectivity index (χ1) is 13.6. The van der Waals surface area contributed by atoms with Gasteiger partial charge in [0, 0.05) is 25.1 Å². The molecule has 2 heterocycles. The molecule has 0 aliphatic heterocycles. The van der Waals surface area contributed by atoms with Crippen LogP contribution in [0, 0.1) is 0 Å². The minimum atomic E-state index is -0.313. The van der Waals surface area contributed by atoms with E-state index in [1.165, 1.54) is 6.20 Å². The Morgan fingerprint density at radius 3 is 2.61 bits per heavy atom. The zero-order valence-electron chi connectivity index (χ0n) is 14.9. The molecule has 28 heavy (non-hydrogen) atoms. The minimum Gasteiger partial charge on any atom is -0.495 e. The van der Waals surface area contributed by atoms with Crippen LogP contribution in [0.15, 0.2) is 48.9 Å². The second kappa shape index (κ2) is 9.34. The van der Waals surface area contributed by atoms with Crippen molar-refractivity contribution in [1.29, 1.82) is 0 Å². The molecule has 1 amide bonds. The van der Waals surface area contributed by atoms with E-state index in [2.05, 4.69) is 25.6 Å². The van der Waals surface area contributed by atoms with Crippen LogP contribution in [0.2, 0.25) is 10.2 Å². The lowest BCUT2D eigenvalue weighted by Crippen LogP contribution is -2.25. The van der Waals surface area contributed by atoms with Gasteiger partial charge in [0.2, 0.25) is 0 Å². The summed E-state index contributed by atoms with van der Waals surface area (Å²) in [4.78, 5) is 24.7. The highest BCUT2D eigenvalue weighted by molar-refractivity contribution is 6.32.